The van der Waals surface area contributed by atoms with Crippen molar-refractivity contribution in [2.75, 3.05) is 13.1 Å². The maximum Gasteiger partial charge on any atom is 0.246 e. The molecule has 19 heavy (non-hydrogen) atoms. The van der Waals surface area contributed by atoms with Crippen LogP contribution in [0.1, 0.15) is 47.0 Å². The zero-order chi connectivity index (χ0) is 14.2. The Labute approximate surface area is 115 Å². The molecule has 0 bridgehead atoms. The van der Waals surface area contributed by atoms with E-state index in [0.29, 0.717) is 11.8 Å². The Morgan fingerprint density at radius 3 is 2.47 bits per heavy atom. The molecule has 0 aromatic rings. The van der Waals surface area contributed by atoms with E-state index in [9.17, 15) is 9.59 Å². The summed E-state index contributed by atoms with van der Waals surface area (Å²) in [5.74, 6) is 1.30. The summed E-state index contributed by atoms with van der Waals surface area (Å²) in [6, 6.07) is -0.384. The van der Waals surface area contributed by atoms with Crippen molar-refractivity contribution in [2.24, 2.45) is 17.3 Å². The molecule has 0 aromatic carbocycles. The van der Waals surface area contributed by atoms with E-state index in [0.717, 1.165) is 6.54 Å². The number of nitrogens with one attached hydrogen (secondary N) is 1. The zero-order valence-corrected chi connectivity index (χ0v) is 12.5. The molecule has 2 fully saturated rings. The van der Waals surface area contributed by atoms with Gasteiger partial charge in [-0.2, -0.15) is 0 Å². The van der Waals surface area contributed by atoms with Crippen LogP contribution >= 0.6 is 0 Å². The van der Waals surface area contributed by atoms with Crippen molar-refractivity contribution in [3.05, 3.63) is 0 Å². The van der Waals surface area contributed by atoms with Gasteiger partial charge in [0.25, 0.3) is 0 Å². The predicted molar refractivity (Wildman–Crippen MR) is 74.5 cm³/mol. The summed E-state index contributed by atoms with van der Waals surface area (Å²) in [5, 5.41) is 2.84. The first-order valence-electron chi connectivity index (χ1n) is 7.37. The van der Waals surface area contributed by atoms with Crippen LogP contribution in [0.3, 0.4) is 0 Å². The fourth-order valence-electron chi connectivity index (χ4n) is 3.22. The molecule has 108 valence electrons. The quantitative estimate of drug-likeness (QED) is 0.828. The Hall–Kier alpha value is -1.06. The van der Waals surface area contributed by atoms with Gasteiger partial charge in [0.05, 0.1) is 6.54 Å². The third kappa shape index (κ3) is 3.10. The normalized spacial score (nSPS) is 32.6. The molecule has 1 saturated carbocycles. The van der Waals surface area contributed by atoms with Crippen molar-refractivity contribution < 1.29 is 9.59 Å². The summed E-state index contributed by atoms with van der Waals surface area (Å²) in [6.07, 6.45) is 3.69. The van der Waals surface area contributed by atoms with Crippen LogP contribution in [-0.4, -0.2) is 35.8 Å². The average molecular weight is 266 g/mol. The van der Waals surface area contributed by atoms with Crippen LogP contribution in [0.5, 0.6) is 0 Å². The van der Waals surface area contributed by atoms with Crippen molar-refractivity contribution in [3.63, 3.8) is 0 Å². The molecule has 1 aliphatic carbocycles. The lowest BCUT2D eigenvalue weighted by molar-refractivity contribution is -0.148. The third-order valence-electron chi connectivity index (χ3n) is 4.56. The standard InChI is InChI=1S/C15H26N2O2/c1-10-6-5-7-11(10)8-17-9-12(18)16-13(14(17)19)15(2,3)4/h10-11,13H,5-9H2,1-4H3,(H,16,18). The van der Waals surface area contributed by atoms with E-state index in [2.05, 4.69) is 12.2 Å². The summed E-state index contributed by atoms with van der Waals surface area (Å²) in [5.41, 5.74) is -0.229. The van der Waals surface area contributed by atoms with Gasteiger partial charge in [-0.25, -0.2) is 0 Å². The zero-order valence-electron chi connectivity index (χ0n) is 12.5. The molecule has 4 heteroatoms. The Bertz CT molecular complexity index is 373. The minimum atomic E-state index is -0.384. The second-order valence-electron chi connectivity index (χ2n) is 7.25. The first kappa shape index (κ1) is 14.4. The molecule has 3 unspecified atom stereocenters. The van der Waals surface area contributed by atoms with Gasteiger partial charge < -0.3 is 10.2 Å². The molecule has 1 aliphatic heterocycles. The summed E-state index contributed by atoms with van der Waals surface area (Å²) >= 11 is 0. The van der Waals surface area contributed by atoms with Gasteiger partial charge >= 0.3 is 0 Å². The highest BCUT2D eigenvalue weighted by atomic mass is 16.2. The fourth-order valence-corrected chi connectivity index (χ4v) is 3.22. The van der Waals surface area contributed by atoms with E-state index < -0.39 is 0 Å². The fraction of sp³-hybridized carbons (Fsp3) is 0.867. The molecule has 1 saturated heterocycles. The van der Waals surface area contributed by atoms with E-state index in [1.807, 2.05) is 20.8 Å². The van der Waals surface area contributed by atoms with Gasteiger partial charge in [0.1, 0.15) is 6.04 Å². The van der Waals surface area contributed by atoms with Crippen LogP contribution in [0.4, 0.5) is 0 Å². The van der Waals surface area contributed by atoms with E-state index in [4.69, 9.17) is 0 Å². The van der Waals surface area contributed by atoms with Crippen LogP contribution in [0.15, 0.2) is 0 Å². The molecular weight excluding hydrogens is 240 g/mol. The molecule has 4 nitrogen and oxygen atoms in total. The summed E-state index contributed by atoms with van der Waals surface area (Å²) in [7, 11) is 0. The third-order valence-corrected chi connectivity index (χ3v) is 4.56. The van der Waals surface area contributed by atoms with Crippen molar-refractivity contribution in [1.29, 1.82) is 0 Å². The predicted octanol–water partition coefficient (Wildman–Crippen LogP) is 1.80. The van der Waals surface area contributed by atoms with E-state index in [1.54, 1.807) is 4.90 Å². The average Bonchev–Trinajstić information content (AvgIpc) is 2.68. The molecule has 2 aliphatic rings. The highest BCUT2D eigenvalue weighted by molar-refractivity contribution is 5.95. The van der Waals surface area contributed by atoms with Gasteiger partial charge in [-0.1, -0.05) is 40.5 Å². The number of carbonyl (C=O) groups is 2. The molecule has 2 rings (SSSR count). The SMILES string of the molecule is CC1CCCC1CN1CC(=O)NC(C(C)(C)C)C1=O. The first-order chi connectivity index (χ1) is 8.79. The molecule has 0 radical (unpaired) electrons. The topological polar surface area (TPSA) is 49.4 Å². The molecule has 2 amide bonds. The molecule has 0 aromatic heterocycles. The Morgan fingerprint density at radius 2 is 1.95 bits per heavy atom. The summed E-state index contributed by atoms with van der Waals surface area (Å²) in [6.45, 7) is 9.23. The Kier molecular flexibility index (Phi) is 3.88. The number of amides is 2. The number of rotatable bonds is 2. The van der Waals surface area contributed by atoms with Gasteiger partial charge in [0, 0.05) is 6.54 Å². The van der Waals surface area contributed by atoms with Gasteiger partial charge in [-0.05, 0) is 23.7 Å². The summed E-state index contributed by atoms with van der Waals surface area (Å²) in [4.78, 5) is 26.1. The van der Waals surface area contributed by atoms with Crippen LogP contribution in [0.2, 0.25) is 0 Å². The van der Waals surface area contributed by atoms with E-state index in [1.165, 1.54) is 19.3 Å². The van der Waals surface area contributed by atoms with Crippen molar-refractivity contribution in [3.8, 4) is 0 Å². The van der Waals surface area contributed by atoms with Crippen molar-refractivity contribution in [2.45, 2.75) is 53.0 Å². The van der Waals surface area contributed by atoms with E-state index >= 15 is 0 Å². The summed E-state index contributed by atoms with van der Waals surface area (Å²) < 4.78 is 0. The second kappa shape index (κ2) is 5.14. The van der Waals surface area contributed by atoms with Crippen LogP contribution < -0.4 is 5.32 Å². The molecule has 1 N–H and O–H groups in total. The molecular formula is C15H26N2O2. The maximum absolute atomic E-state index is 12.5. The second-order valence-corrected chi connectivity index (χ2v) is 7.25. The number of hydrogen-bond acceptors (Lipinski definition) is 2. The first-order valence-corrected chi connectivity index (χ1v) is 7.37. The highest BCUT2D eigenvalue weighted by Gasteiger charge is 2.41. The molecule has 3 atom stereocenters. The maximum atomic E-state index is 12.5. The Balaban J connectivity index is 2.07. The highest BCUT2D eigenvalue weighted by Crippen LogP contribution is 2.32. The number of carbonyl (C=O) groups excluding carboxylic acids is 2. The van der Waals surface area contributed by atoms with Gasteiger partial charge in [0.15, 0.2) is 0 Å². The van der Waals surface area contributed by atoms with Crippen molar-refractivity contribution in [1.82, 2.24) is 10.2 Å². The number of piperazine rings is 1. The molecule has 1 heterocycles. The van der Waals surface area contributed by atoms with Crippen LogP contribution in [0.25, 0.3) is 0 Å². The molecule has 0 spiro atoms. The monoisotopic (exact) mass is 266 g/mol. The van der Waals surface area contributed by atoms with Gasteiger partial charge in [0.2, 0.25) is 11.8 Å². The number of hydrogen-bond donors (Lipinski definition) is 1. The largest absolute Gasteiger partial charge is 0.342 e. The van der Waals surface area contributed by atoms with Crippen LogP contribution in [-0.2, 0) is 9.59 Å². The minimum absolute atomic E-state index is 0.0230. The lowest BCUT2D eigenvalue weighted by atomic mass is 9.84. The van der Waals surface area contributed by atoms with Gasteiger partial charge in [-0.15, -0.1) is 0 Å². The van der Waals surface area contributed by atoms with E-state index in [-0.39, 0.29) is 29.8 Å². The Morgan fingerprint density at radius 1 is 1.26 bits per heavy atom. The minimum Gasteiger partial charge on any atom is -0.342 e. The van der Waals surface area contributed by atoms with Gasteiger partial charge in [-0.3, -0.25) is 9.59 Å². The lowest BCUT2D eigenvalue weighted by Crippen LogP contribution is -2.62. The lowest BCUT2D eigenvalue weighted by Gasteiger charge is -2.40. The van der Waals surface area contributed by atoms with Crippen LogP contribution in [0, 0.1) is 17.3 Å². The van der Waals surface area contributed by atoms with Crippen molar-refractivity contribution >= 4 is 11.8 Å². The number of nitrogens with zero attached hydrogens (tertiary/aromatic N) is 1. The smallest absolute Gasteiger partial charge is 0.246 e.